The average molecular weight is 513 g/mol. The van der Waals surface area contributed by atoms with Crippen LogP contribution >= 0.6 is 11.8 Å². The molecule has 0 radical (unpaired) electrons. The zero-order valence-corrected chi connectivity index (χ0v) is 20.5. The fraction of sp³-hybridized carbons (Fsp3) is 0.593. The summed E-state index contributed by atoms with van der Waals surface area (Å²) in [5.41, 5.74) is -0.771. The Labute approximate surface area is 206 Å². The Bertz CT molecular complexity index is 1110. The topological polar surface area (TPSA) is 37.3 Å². The van der Waals surface area contributed by atoms with Gasteiger partial charge in [0.05, 0.1) is 0 Å². The van der Waals surface area contributed by atoms with Crippen molar-refractivity contribution in [2.75, 3.05) is 6.26 Å². The molecule has 4 aliphatic rings. The van der Waals surface area contributed by atoms with Crippen LogP contribution in [0.2, 0.25) is 0 Å². The van der Waals surface area contributed by atoms with Gasteiger partial charge in [0.1, 0.15) is 5.60 Å². The van der Waals surface area contributed by atoms with Crippen LogP contribution in [0.4, 0.5) is 22.0 Å². The third-order valence-electron chi connectivity index (χ3n) is 9.28. The molecule has 0 bridgehead atoms. The molecule has 1 aromatic rings. The van der Waals surface area contributed by atoms with Crippen LogP contribution in [-0.2, 0) is 4.79 Å². The largest absolute Gasteiger partial charge is 0.456 e. The molecule has 5 rings (SSSR count). The van der Waals surface area contributed by atoms with Gasteiger partial charge in [0.15, 0.2) is 5.78 Å². The predicted molar refractivity (Wildman–Crippen MR) is 124 cm³/mol. The molecule has 2 fully saturated rings. The lowest BCUT2D eigenvalue weighted by molar-refractivity contribution is -0.362. The Morgan fingerprint density at radius 2 is 1.71 bits per heavy atom. The number of fused-ring (bicyclic) bond motifs is 4. The molecule has 0 saturated heterocycles. The van der Waals surface area contributed by atoms with Crippen LogP contribution in [0.5, 0.6) is 0 Å². The summed E-state index contributed by atoms with van der Waals surface area (Å²) in [5, 5.41) is 11.3. The zero-order valence-electron chi connectivity index (χ0n) is 19.7. The fourth-order valence-corrected chi connectivity index (χ4v) is 7.96. The minimum Gasteiger partial charge on any atom is -0.383 e. The molecule has 1 aromatic carbocycles. The van der Waals surface area contributed by atoms with Crippen molar-refractivity contribution < 1.29 is 31.9 Å². The summed E-state index contributed by atoms with van der Waals surface area (Å²) < 4.78 is 70.7. The second-order valence-corrected chi connectivity index (χ2v) is 11.6. The minimum absolute atomic E-state index is 0.00894. The van der Waals surface area contributed by atoms with E-state index in [4.69, 9.17) is 0 Å². The fourth-order valence-electron chi connectivity index (χ4n) is 7.55. The third-order valence-corrected chi connectivity index (χ3v) is 10.0. The van der Waals surface area contributed by atoms with E-state index >= 15 is 0 Å². The van der Waals surface area contributed by atoms with Crippen molar-refractivity contribution in [3.05, 3.63) is 52.6 Å². The number of thioether (sulfide) groups is 1. The van der Waals surface area contributed by atoms with Crippen molar-refractivity contribution in [2.24, 2.45) is 17.3 Å². The third kappa shape index (κ3) is 3.49. The van der Waals surface area contributed by atoms with Crippen LogP contribution in [0.3, 0.4) is 0 Å². The lowest BCUT2D eigenvalue weighted by atomic mass is 9.50. The lowest BCUT2D eigenvalue weighted by Gasteiger charge is -2.56. The number of benzene rings is 1. The molecule has 2 nitrogen and oxygen atoms in total. The summed E-state index contributed by atoms with van der Waals surface area (Å²) in [7, 11) is 0. The molecule has 5 atom stereocenters. The molecule has 4 aliphatic carbocycles. The first-order valence-electron chi connectivity index (χ1n) is 12.1. The normalized spacial score (nSPS) is 35.4. The van der Waals surface area contributed by atoms with E-state index in [9.17, 15) is 31.9 Å². The van der Waals surface area contributed by atoms with E-state index in [-0.39, 0.29) is 24.5 Å². The number of hydrogen-bond acceptors (Lipinski definition) is 3. The second-order valence-electron chi connectivity index (χ2n) is 10.7. The summed E-state index contributed by atoms with van der Waals surface area (Å²) in [4.78, 5) is 13.1. The van der Waals surface area contributed by atoms with Gasteiger partial charge in [-0.3, -0.25) is 4.79 Å². The minimum atomic E-state index is -5.83. The van der Waals surface area contributed by atoms with Gasteiger partial charge < -0.3 is 5.11 Å². The van der Waals surface area contributed by atoms with Gasteiger partial charge in [-0.1, -0.05) is 24.6 Å². The molecule has 0 aliphatic heterocycles. The van der Waals surface area contributed by atoms with Crippen molar-refractivity contribution in [3.8, 4) is 0 Å². The zero-order chi connectivity index (χ0) is 25.4. The number of rotatable bonds is 3. The maximum Gasteiger partial charge on any atom is 0.456 e. The first kappa shape index (κ1) is 25.0. The van der Waals surface area contributed by atoms with Gasteiger partial charge in [0.2, 0.25) is 0 Å². The Morgan fingerprint density at radius 1 is 1.03 bits per heavy atom. The Balaban J connectivity index is 1.68. The first-order valence-corrected chi connectivity index (χ1v) is 13.3. The number of aliphatic hydroxyl groups is 1. The van der Waals surface area contributed by atoms with Crippen LogP contribution < -0.4 is 0 Å². The number of carbonyl (C=O) groups is 1. The highest BCUT2D eigenvalue weighted by Crippen LogP contribution is 2.70. The van der Waals surface area contributed by atoms with Crippen LogP contribution in [0.15, 0.2) is 52.0 Å². The summed E-state index contributed by atoms with van der Waals surface area (Å²) in [6.07, 6.45) is -0.513. The van der Waals surface area contributed by atoms with Crippen LogP contribution in [0.1, 0.15) is 63.4 Å². The maximum absolute atomic E-state index is 15.0. The second kappa shape index (κ2) is 8.17. The van der Waals surface area contributed by atoms with Crippen molar-refractivity contribution >= 4 is 17.5 Å². The van der Waals surface area contributed by atoms with Gasteiger partial charge >= 0.3 is 12.1 Å². The highest BCUT2D eigenvalue weighted by Gasteiger charge is 2.79. The van der Waals surface area contributed by atoms with Gasteiger partial charge in [-0.05, 0) is 91.5 Å². The monoisotopic (exact) mass is 512 g/mol. The Morgan fingerprint density at radius 3 is 2.34 bits per heavy atom. The molecular formula is C27H29F5O2S. The van der Waals surface area contributed by atoms with Crippen LogP contribution in [0.25, 0.3) is 0 Å². The summed E-state index contributed by atoms with van der Waals surface area (Å²) in [6, 6.07) is 7.72. The number of halogens is 5. The molecule has 1 N–H and O–H groups in total. The first-order chi connectivity index (χ1) is 16.3. The summed E-state index contributed by atoms with van der Waals surface area (Å²) in [6.45, 7) is 1.45. The molecule has 2 saturated carbocycles. The standard InChI is InChI=1S/C27H29F5O2S/c1-24-14-21(15-3-7-18(35-2)8-4-15)23-19-10-6-17(33)13-16(19)5-9-20(23)22(24)11-12-25(24,34)26(28,29)27(30,31)32/h3-4,7-8,13,20-22,34H,5-6,9-12,14H2,1-2H3/t20-,21-,22-,24-,25-/m0/s1. The molecule has 190 valence electrons. The van der Waals surface area contributed by atoms with Crippen molar-refractivity contribution in [2.45, 2.75) is 80.4 Å². The molecule has 8 heteroatoms. The van der Waals surface area contributed by atoms with Gasteiger partial charge in [0.25, 0.3) is 0 Å². The van der Waals surface area contributed by atoms with Gasteiger partial charge in [0, 0.05) is 22.6 Å². The Hall–Kier alpha value is -1.67. The maximum atomic E-state index is 15.0. The molecule has 0 unspecified atom stereocenters. The molecule has 0 spiro atoms. The van der Waals surface area contributed by atoms with E-state index in [1.807, 2.05) is 30.5 Å². The number of hydrogen-bond donors (Lipinski definition) is 1. The van der Waals surface area contributed by atoms with E-state index in [2.05, 4.69) is 0 Å². The van der Waals surface area contributed by atoms with Gasteiger partial charge in [-0.25, -0.2) is 0 Å². The summed E-state index contributed by atoms with van der Waals surface area (Å²) in [5.74, 6) is -6.21. The summed E-state index contributed by atoms with van der Waals surface area (Å²) >= 11 is 1.56. The van der Waals surface area contributed by atoms with Crippen LogP contribution in [-0.4, -0.2) is 34.8 Å². The highest BCUT2D eigenvalue weighted by molar-refractivity contribution is 7.98. The van der Waals surface area contributed by atoms with Gasteiger partial charge in [-0.15, -0.1) is 11.8 Å². The Kier molecular flexibility index (Phi) is 5.83. The lowest BCUT2D eigenvalue weighted by Crippen LogP contribution is -2.65. The SMILES string of the molecule is CSc1ccc([C@@H]2C[C@@]3(C)[C@@H](CC[C@@]3(O)C(F)(F)C(F)(F)F)[C@@H]3CCC4=CC(=O)CCC4=C23)cc1. The van der Waals surface area contributed by atoms with Crippen molar-refractivity contribution in [3.63, 3.8) is 0 Å². The van der Waals surface area contributed by atoms with E-state index < -0.39 is 41.4 Å². The molecule has 35 heavy (non-hydrogen) atoms. The number of alkyl halides is 5. The van der Waals surface area contributed by atoms with Crippen molar-refractivity contribution in [1.82, 2.24) is 0 Å². The molecular weight excluding hydrogens is 483 g/mol. The smallest absolute Gasteiger partial charge is 0.383 e. The molecule has 0 aromatic heterocycles. The number of carbonyl (C=O) groups excluding carboxylic acids is 1. The van der Waals surface area contributed by atoms with Crippen molar-refractivity contribution in [1.29, 1.82) is 0 Å². The molecule has 0 amide bonds. The van der Waals surface area contributed by atoms with E-state index in [0.29, 0.717) is 25.7 Å². The predicted octanol–water partition coefficient (Wildman–Crippen LogP) is 7.24. The van der Waals surface area contributed by atoms with Crippen LogP contribution in [0, 0.1) is 17.3 Å². The molecule has 0 heterocycles. The average Bonchev–Trinajstić information content (AvgIpc) is 3.09. The number of allylic oxidation sites excluding steroid dienone is 4. The number of ketones is 1. The van der Waals surface area contributed by atoms with E-state index in [1.165, 1.54) is 6.92 Å². The van der Waals surface area contributed by atoms with E-state index in [0.717, 1.165) is 27.2 Å². The van der Waals surface area contributed by atoms with E-state index in [1.54, 1.807) is 17.8 Å². The quantitative estimate of drug-likeness (QED) is 0.343. The van der Waals surface area contributed by atoms with Gasteiger partial charge in [-0.2, -0.15) is 22.0 Å². The highest BCUT2D eigenvalue weighted by atomic mass is 32.2.